The van der Waals surface area contributed by atoms with E-state index < -0.39 is 0 Å². The second-order valence-electron chi connectivity index (χ2n) is 23.9. The number of nitrogens with zero attached hydrogens (tertiary/aromatic N) is 4. The van der Waals surface area contributed by atoms with Gasteiger partial charge >= 0.3 is 0 Å². The normalized spacial score (nSPS) is 14.9. The molecule has 0 N–H and O–H groups in total. The smallest absolute Gasteiger partial charge is 0.114 e. The molecule has 0 saturated carbocycles. The maximum absolute atomic E-state index is 5.45. The zero-order valence-electron chi connectivity index (χ0n) is 47.2. The Morgan fingerprint density at radius 3 is 1.29 bits per heavy atom. The maximum atomic E-state index is 5.45. The third-order valence-electron chi connectivity index (χ3n) is 18.4. The van der Waals surface area contributed by atoms with Crippen molar-refractivity contribution in [1.29, 1.82) is 0 Å². The van der Waals surface area contributed by atoms with Crippen LogP contribution in [0.2, 0.25) is 0 Å². The summed E-state index contributed by atoms with van der Waals surface area (Å²) in [5.74, 6) is 0. The first-order chi connectivity index (χ1) is 37.0. The average molecular weight is 1080 g/mol. The van der Waals surface area contributed by atoms with Crippen molar-refractivity contribution >= 4 is 79.3 Å². The summed E-state index contributed by atoms with van der Waals surface area (Å²) < 4.78 is 21.0. The molecule has 0 atom stereocenters. The molecule has 394 valence electrons. The van der Waals surface area contributed by atoms with Crippen molar-refractivity contribution in [2.75, 3.05) is 0 Å². The van der Waals surface area contributed by atoms with E-state index in [0.29, 0.717) is 0 Å². The van der Waals surface area contributed by atoms with E-state index in [0.717, 1.165) is 34.9 Å². The van der Waals surface area contributed by atoms with Crippen molar-refractivity contribution in [1.82, 2.24) is 17.5 Å². The molecule has 0 aliphatic heterocycles. The van der Waals surface area contributed by atoms with Gasteiger partial charge in [-0.1, -0.05) is 148 Å². The highest BCUT2D eigenvalue weighted by Gasteiger charge is 2.50. The van der Waals surface area contributed by atoms with E-state index in [1.165, 1.54) is 259 Å². The third-order valence-corrected chi connectivity index (χ3v) is 21.8. The van der Waals surface area contributed by atoms with Gasteiger partial charge in [0.15, 0.2) is 0 Å². The average Bonchev–Trinajstić information content (AvgIpc) is 4.41. The second-order valence-corrected chi connectivity index (χ2v) is 27.2. The number of aryl methyl sites for hydroxylation is 2. The molecule has 4 aliphatic rings. The van der Waals surface area contributed by atoms with Crippen LogP contribution in [0, 0.1) is 13.8 Å². The van der Waals surface area contributed by atoms with Crippen LogP contribution in [-0.4, -0.2) is 17.5 Å². The standard InChI is InChI=1S/C68H78N4S4/c1-11-15-19-23-27-67(28-24-20-16-12-2)52-36-48-53(35-47(52)59-54(67)31-41(9)61-63(59)71-75-69-61)68(29-25-21-17-13-3,30-26-22-18-14-4)55-37-49(62-64(60(48)55)72-76-70-62)56-38-51-58(40(7)8)44-33-45-43(34-46(44)66(51)74-56)57(39(5)6)50-32-42(10)73-65(45)50/h31-38H,11-30H2,1-10H3. The zero-order valence-corrected chi connectivity index (χ0v) is 50.4. The number of rotatable bonds is 21. The third kappa shape index (κ3) is 8.17. The van der Waals surface area contributed by atoms with Gasteiger partial charge in [0, 0.05) is 69.3 Å². The molecule has 4 nitrogen and oxygen atoms in total. The number of benzene rings is 4. The lowest BCUT2D eigenvalue weighted by Crippen LogP contribution is -2.27. The molecule has 4 aromatic carbocycles. The van der Waals surface area contributed by atoms with Crippen LogP contribution in [0.15, 0.2) is 59.7 Å². The Bertz CT molecular complexity index is 3610. The molecular weight excluding hydrogens is 1000 g/mol. The van der Waals surface area contributed by atoms with Crippen LogP contribution in [0.4, 0.5) is 0 Å². The fourth-order valence-corrected chi connectivity index (χ4v) is 18.4. The van der Waals surface area contributed by atoms with Crippen LogP contribution in [0.3, 0.4) is 0 Å². The number of aromatic nitrogens is 4. The number of hydrogen-bond acceptors (Lipinski definition) is 8. The van der Waals surface area contributed by atoms with Crippen LogP contribution in [-0.2, 0) is 10.8 Å². The lowest BCUT2D eigenvalue weighted by Gasteiger charge is -2.35. The van der Waals surface area contributed by atoms with Crippen LogP contribution in [0.1, 0.15) is 239 Å². The first-order valence-electron chi connectivity index (χ1n) is 29.6. The summed E-state index contributed by atoms with van der Waals surface area (Å²) in [4.78, 5) is 5.54. The van der Waals surface area contributed by atoms with Gasteiger partial charge in [-0.05, 0) is 171 Å². The molecule has 8 aromatic rings. The summed E-state index contributed by atoms with van der Waals surface area (Å²) in [6, 6.07) is 20.8. The lowest BCUT2D eigenvalue weighted by atomic mass is 9.68. The number of thiophene rings is 2. The van der Waals surface area contributed by atoms with E-state index in [1.807, 2.05) is 22.7 Å². The van der Waals surface area contributed by atoms with Crippen LogP contribution in [0.5, 0.6) is 0 Å². The first-order valence-corrected chi connectivity index (χ1v) is 32.6. The first kappa shape index (κ1) is 52.1. The van der Waals surface area contributed by atoms with Crippen molar-refractivity contribution < 1.29 is 0 Å². The molecule has 0 spiro atoms. The molecule has 76 heavy (non-hydrogen) atoms. The van der Waals surface area contributed by atoms with Gasteiger partial charge in [0.1, 0.15) is 22.1 Å². The molecule has 4 heterocycles. The molecule has 4 aliphatic carbocycles. The number of fused-ring (bicyclic) bond motifs is 16. The van der Waals surface area contributed by atoms with Crippen molar-refractivity contribution in [2.24, 2.45) is 0 Å². The van der Waals surface area contributed by atoms with Gasteiger partial charge in [-0.15, -0.1) is 22.7 Å². The number of hydrogen-bond donors (Lipinski definition) is 0. The van der Waals surface area contributed by atoms with E-state index in [2.05, 4.69) is 118 Å². The lowest BCUT2D eigenvalue weighted by molar-refractivity contribution is 0.397. The molecule has 0 radical (unpaired) electrons. The molecular formula is C68H78N4S4. The summed E-state index contributed by atoms with van der Waals surface area (Å²) in [7, 11) is 0. The summed E-state index contributed by atoms with van der Waals surface area (Å²) >= 11 is 6.76. The van der Waals surface area contributed by atoms with E-state index in [1.54, 1.807) is 11.1 Å². The maximum Gasteiger partial charge on any atom is 0.114 e. The highest BCUT2D eigenvalue weighted by molar-refractivity contribution is 7.19. The minimum atomic E-state index is -0.150. The van der Waals surface area contributed by atoms with E-state index >= 15 is 0 Å². The van der Waals surface area contributed by atoms with Gasteiger partial charge in [-0.2, -0.15) is 17.5 Å². The van der Waals surface area contributed by atoms with Crippen LogP contribution in [0.25, 0.3) is 86.8 Å². The predicted molar refractivity (Wildman–Crippen MR) is 332 cm³/mol. The quantitative estimate of drug-likeness (QED) is 0.0673. The van der Waals surface area contributed by atoms with Crippen LogP contribution >= 0.6 is 46.1 Å². The zero-order chi connectivity index (χ0) is 52.6. The highest BCUT2D eigenvalue weighted by Crippen LogP contribution is 2.64. The van der Waals surface area contributed by atoms with E-state index in [-0.39, 0.29) is 10.8 Å². The Balaban J connectivity index is 1.09. The Morgan fingerprint density at radius 2 is 0.803 bits per heavy atom. The van der Waals surface area contributed by atoms with Gasteiger partial charge in [0.2, 0.25) is 0 Å². The summed E-state index contributed by atoms with van der Waals surface area (Å²) in [5.41, 5.74) is 32.5. The van der Waals surface area contributed by atoms with Crippen molar-refractivity contribution in [2.45, 2.75) is 208 Å². The monoisotopic (exact) mass is 1080 g/mol. The van der Waals surface area contributed by atoms with E-state index in [4.69, 9.17) is 17.5 Å². The molecule has 0 amide bonds. The minimum absolute atomic E-state index is 0.0790. The SMILES string of the molecule is CCCCCCC1(CCCCCC)c2cc3c(cc2-c2c1cc(C)c1nsnc21)C(CCCCCC)(CCCCCC)c1cc(-c2cc4c(s2)-c2cc5c(cc2C4=C(C)C)-c2sc(C)cc2C5=C(C)C)c2nsnc2c1-3. The summed E-state index contributed by atoms with van der Waals surface area (Å²) in [6.07, 6.45) is 24.7. The minimum Gasteiger partial charge on any atom is -0.173 e. The van der Waals surface area contributed by atoms with Crippen molar-refractivity contribution in [3.05, 3.63) is 115 Å². The highest BCUT2D eigenvalue weighted by atomic mass is 32.1. The van der Waals surface area contributed by atoms with Gasteiger partial charge in [-0.3, -0.25) is 0 Å². The Labute approximate surface area is 470 Å². The molecule has 0 saturated heterocycles. The van der Waals surface area contributed by atoms with Crippen molar-refractivity contribution in [3.8, 4) is 53.6 Å². The van der Waals surface area contributed by atoms with Crippen LogP contribution < -0.4 is 0 Å². The second kappa shape index (κ2) is 20.9. The largest absolute Gasteiger partial charge is 0.173 e. The number of allylic oxidation sites excluding steroid dienone is 2. The van der Waals surface area contributed by atoms with Gasteiger partial charge in [0.25, 0.3) is 0 Å². The topological polar surface area (TPSA) is 51.6 Å². The van der Waals surface area contributed by atoms with Gasteiger partial charge in [0.05, 0.1) is 23.5 Å². The molecule has 4 aromatic heterocycles. The van der Waals surface area contributed by atoms with Gasteiger partial charge in [-0.25, -0.2) is 0 Å². The molecule has 8 heteroatoms. The number of unbranched alkanes of at least 4 members (excludes halogenated alkanes) is 12. The molecule has 0 unspecified atom stereocenters. The van der Waals surface area contributed by atoms with Crippen molar-refractivity contribution in [3.63, 3.8) is 0 Å². The Hall–Kier alpha value is -4.60. The molecule has 0 bridgehead atoms. The predicted octanol–water partition coefficient (Wildman–Crippen LogP) is 22.2. The molecule has 0 fully saturated rings. The summed E-state index contributed by atoms with van der Waals surface area (Å²) in [6.45, 7) is 23.2. The molecule has 12 rings (SSSR count). The van der Waals surface area contributed by atoms with Gasteiger partial charge < -0.3 is 0 Å². The fraction of sp³-hybridized carbons (Fsp3) is 0.471. The Kier molecular flexibility index (Phi) is 14.3. The fourth-order valence-electron chi connectivity index (χ4n) is 14.9. The van der Waals surface area contributed by atoms with E-state index in [9.17, 15) is 0 Å². The summed E-state index contributed by atoms with van der Waals surface area (Å²) in [5, 5.41) is 0. The Morgan fingerprint density at radius 1 is 0.382 bits per heavy atom.